The summed E-state index contributed by atoms with van der Waals surface area (Å²) in [6, 6.07) is 0. The van der Waals surface area contributed by atoms with Crippen molar-refractivity contribution in [3.8, 4) is 0 Å². The summed E-state index contributed by atoms with van der Waals surface area (Å²) in [5, 5.41) is 7.72. The van der Waals surface area contributed by atoms with Gasteiger partial charge >= 0.3 is 109 Å². The van der Waals surface area contributed by atoms with Crippen molar-refractivity contribution in [2.24, 2.45) is 0 Å². The van der Waals surface area contributed by atoms with E-state index in [2.05, 4.69) is 0 Å². The van der Waals surface area contributed by atoms with Gasteiger partial charge in [-0.1, -0.05) is 6.92 Å². The maximum Gasteiger partial charge on any atom is 1.00 e. The molecule has 0 amide bonds. The fraction of sp³-hybridized carbons (Fsp3) is 0.667. The molecule has 0 aliphatic carbocycles. The van der Waals surface area contributed by atoms with Crippen LogP contribution >= 0.6 is 0 Å². The Morgan fingerprint density at radius 2 is 1.86 bits per heavy atom. The van der Waals surface area contributed by atoms with Crippen molar-refractivity contribution in [2.45, 2.75) is 13.3 Å². The Morgan fingerprint density at radius 3 is 1.86 bits per heavy atom. The molecule has 0 aromatic rings. The molecule has 0 fully saturated rings. The third-order valence-corrected chi connectivity index (χ3v) is 0.302. The van der Waals surface area contributed by atoms with Crippen LogP contribution in [-0.2, 0) is 4.79 Å². The number of carbonyl (C=O) groups is 1. The van der Waals surface area contributed by atoms with Gasteiger partial charge in [-0.05, 0) is 0 Å². The van der Waals surface area contributed by atoms with Crippen molar-refractivity contribution in [3.63, 3.8) is 0 Å². The van der Waals surface area contributed by atoms with Crippen LogP contribution in [0.3, 0.4) is 0 Å². The first kappa shape index (κ1) is 16.4. The van der Waals surface area contributed by atoms with Crippen LogP contribution in [0.15, 0.2) is 0 Å². The van der Waals surface area contributed by atoms with E-state index >= 15 is 0 Å². The molecule has 0 atom stereocenters. The van der Waals surface area contributed by atoms with Gasteiger partial charge in [-0.2, -0.15) is 0 Å². The Bertz CT molecular complexity index is 53.1. The van der Waals surface area contributed by atoms with Gasteiger partial charge < -0.3 is 7.96 Å². The second kappa shape index (κ2) is 11.5. The first-order chi connectivity index (χ1) is 2.27. The molecule has 0 radical (unpaired) electrons. The molecule has 0 aromatic carbocycles. The standard InChI is InChI=1S/C3H6O2.2K.2H/c1-2-3(4)5;;;;/h2H2,1H3,(H,4,5);;;;/q;2*+1;2*-1. The van der Waals surface area contributed by atoms with Gasteiger partial charge in [0.25, 0.3) is 0 Å². The van der Waals surface area contributed by atoms with E-state index < -0.39 is 5.97 Å². The summed E-state index contributed by atoms with van der Waals surface area (Å²) < 4.78 is 0. The third kappa shape index (κ3) is 17.7. The van der Waals surface area contributed by atoms with Crippen molar-refractivity contribution in [2.75, 3.05) is 0 Å². The largest absolute Gasteiger partial charge is 1.00 e. The normalized spacial score (nSPS) is 5.29. The molecular weight excluding hydrogens is 146 g/mol. The van der Waals surface area contributed by atoms with Crippen molar-refractivity contribution in [1.82, 2.24) is 0 Å². The SMILES string of the molecule is CCC(=O)O.[H-].[H-].[K+].[K+]. The Labute approximate surface area is 131 Å². The Balaban J connectivity index is -0.0000000133. The maximum atomic E-state index is 9.37. The number of hydrogen-bond acceptors (Lipinski definition) is 1. The van der Waals surface area contributed by atoms with Crippen molar-refractivity contribution in [3.05, 3.63) is 0 Å². The number of hydrogen-bond donors (Lipinski definition) is 1. The first-order valence-corrected chi connectivity index (χ1v) is 1.49. The minimum Gasteiger partial charge on any atom is -1.00 e. The average molecular weight is 154 g/mol. The summed E-state index contributed by atoms with van der Waals surface area (Å²) in [6.45, 7) is 1.60. The quantitative estimate of drug-likeness (QED) is 0.383. The molecule has 0 heterocycles. The topological polar surface area (TPSA) is 37.3 Å². The van der Waals surface area contributed by atoms with Crippen LogP contribution in [0.5, 0.6) is 0 Å². The minimum atomic E-state index is -0.745. The fourth-order valence-corrected chi connectivity index (χ4v) is 0. The zero-order valence-electron chi connectivity index (χ0n) is 7.06. The molecule has 0 aliphatic heterocycles. The first-order valence-electron chi connectivity index (χ1n) is 1.49. The van der Waals surface area contributed by atoms with Crippen molar-refractivity contribution < 1.29 is 116 Å². The van der Waals surface area contributed by atoms with Crippen LogP contribution in [0, 0.1) is 0 Å². The third-order valence-electron chi connectivity index (χ3n) is 0.302. The summed E-state index contributed by atoms with van der Waals surface area (Å²) in [5.74, 6) is -0.745. The number of aliphatic carboxylic acids is 1. The van der Waals surface area contributed by atoms with Crippen LogP contribution in [0.4, 0.5) is 0 Å². The van der Waals surface area contributed by atoms with Crippen molar-refractivity contribution in [1.29, 1.82) is 0 Å². The minimum absolute atomic E-state index is 0. The van der Waals surface area contributed by atoms with Gasteiger partial charge in [-0.25, -0.2) is 0 Å². The summed E-state index contributed by atoms with van der Waals surface area (Å²) in [4.78, 5) is 9.37. The van der Waals surface area contributed by atoms with E-state index in [0.717, 1.165) is 0 Å². The molecule has 0 saturated carbocycles. The molecule has 1 N–H and O–H groups in total. The van der Waals surface area contributed by atoms with Gasteiger partial charge in [0.1, 0.15) is 0 Å². The molecule has 0 rings (SSSR count). The summed E-state index contributed by atoms with van der Waals surface area (Å²) in [6.07, 6.45) is 0.222. The fourth-order valence-electron chi connectivity index (χ4n) is 0. The summed E-state index contributed by atoms with van der Waals surface area (Å²) in [5.41, 5.74) is 0. The number of carboxylic acid groups (broad SMARTS) is 1. The monoisotopic (exact) mass is 154 g/mol. The van der Waals surface area contributed by atoms with E-state index in [9.17, 15) is 4.79 Å². The second-order valence-electron chi connectivity index (χ2n) is 0.747. The molecule has 0 bridgehead atoms. The van der Waals surface area contributed by atoms with Crippen LogP contribution in [-0.4, -0.2) is 11.1 Å². The molecular formula is C3H8K2O2. The van der Waals surface area contributed by atoms with Crippen LogP contribution in [0.25, 0.3) is 0 Å². The molecule has 0 aromatic heterocycles. The predicted octanol–water partition coefficient (Wildman–Crippen LogP) is -5.29. The molecule has 0 saturated heterocycles. The molecule has 0 aliphatic rings. The van der Waals surface area contributed by atoms with E-state index in [1.807, 2.05) is 0 Å². The zero-order chi connectivity index (χ0) is 4.28. The average Bonchev–Trinajstić information content (AvgIpc) is 1.38. The van der Waals surface area contributed by atoms with E-state index in [-0.39, 0.29) is 112 Å². The Kier molecular flexibility index (Phi) is 27.0. The second-order valence-corrected chi connectivity index (χ2v) is 0.747. The molecule has 34 valence electrons. The van der Waals surface area contributed by atoms with Crippen molar-refractivity contribution >= 4 is 5.97 Å². The molecule has 4 heteroatoms. The number of rotatable bonds is 1. The van der Waals surface area contributed by atoms with Gasteiger partial charge in [0.2, 0.25) is 0 Å². The van der Waals surface area contributed by atoms with E-state index in [1.165, 1.54) is 0 Å². The molecule has 7 heavy (non-hydrogen) atoms. The molecule has 0 unspecified atom stereocenters. The predicted molar refractivity (Wildman–Crippen MR) is 20.2 cm³/mol. The van der Waals surface area contributed by atoms with Gasteiger partial charge in [0, 0.05) is 6.42 Å². The maximum absolute atomic E-state index is 9.37. The van der Waals surface area contributed by atoms with Gasteiger partial charge in [0.15, 0.2) is 0 Å². The van der Waals surface area contributed by atoms with E-state index in [1.54, 1.807) is 6.92 Å². The van der Waals surface area contributed by atoms with Gasteiger partial charge in [-0.3, -0.25) is 4.79 Å². The van der Waals surface area contributed by atoms with Crippen LogP contribution in [0.2, 0.25) is 0 Å². The zero-order valence-corrected chi connectivity index (χ0v) is 11.3. The van der Waals surface area contributed by atoms with Crippen LogP contribution in [0.1, 0.15) is 16.2 Å². The van der Waals surface area contributed by atoms with E-state index in [4.69, 9.17) is 5.11 Å². The number of carboxylic acids is 1. The molecule has 2 nitrogen and oxygen atoms in total. The molecule has 0 spiro atoms. The smallest absolute Gasteiger partial charge is 1.00 e. The summed E-state index contributed by atoms with van der Waals surface area (Å²) >= 11 is 0. The van der Waals surface area contributed by atoms with Gasteiger partial charge in [0.05, 0.1) is 0 Å². The van der Waals surface area contributed by atoms with E-state index in [0.29, 0.717) is 0 Å². The Hall–Kier alpha value is 2.74. The summed E-state index contributed by atoms with van der Waals surface area (Å²) in [7, 11) is 0. The Morgan fingerprint density at radius 1 is 1.71 bits per heavy atom. The van der Waals surface area contributed by atoms with Gasteiger partial charge in [-0.15, -0.1) is 0 Å². The van der Waals surface area contributed by atoms with Crippen LogP contribution < -0.4 is 103 Å².